The van der Waals surface area contributed by atoms with Crippen molar-refractivity contribution in [1.82, 2.24) is 9.97 Å². The molecule has 0 aliphatic rings. The van der Waals surface area contributed by atoms with Crippen molar-refractivity contribution in [1.29, 1.82) is 0 Å². The molecule has 0 saturated heterocycles. The second kappa shape index (κ2) is 6.79. The molecule has 32 heavy (non-hydrogen) atoms. The lowest BCUT2D eigenvalue weighted by molar-refractivity contribution is 0.618. The third-order valence-electron chi connectivity index (χ3n) is 6.09. The third kappa shape index (κ3) is 2.83. The minimum absolute atomic E-state index is 0.624. The molecular weight excluding hydrogens is 396 g/mol. The number of pyridine rings is 2. The topological polar surface area (TPSA) is 52.1 Å². The number of para-hydroxylation sites is 1. The largest absolute Gasteiger partial charge is 0.438 e. The lowest BCUT2D eigenvalue weighted by Gasteiger charge is -2.08. The van der Waals surface area contributed by atoms with Crippen molar-refractivity contribution in [3.8, 4) is 22.6 Å². The van der Waals surface area contributed by atoms with Gasteiger partial charge in [0.15, 0.2) is 0 Å². The SMILES string of the molecule is Cc1cc(C)c(-c2cc3ccc(-c4cccc5c4oc4nc(C)ccc45)nc3o2)c(C)c1. The number of benzene rings is 2. The molecule has 4 nitrogen and oxygen atoms in total. The number of fused-ring (bicyclic) bond motifs is 4. The Balaban J connectivity index is 1.53. The van der Waals surface area contributed by atoms with Crippen LogP contribution in [0.3, 0.4) is 0 Å². The van der Waals surface area contributed by atoms with Crippen LogP contribution in [0, 0.1) is 27.7 Å². The molecule has 0 saturated carbocycles. The quantitative estimate of drug-likeness (QED) is 0.289. The summed E-state index contributed by atoms with van der Waals surface area (Å²) in [6.07, 6.45) is 0. The van der Waals surface area contributed by atoms with Gasteiger partial charge in [-0.3, -0.25) is 0 Å². The molecule has 6 rings (SSSR count). The van der Waals surface area contributed by atoms with Gasteiger partial charge in [-0.1, -0.05) is 29.8 Å². The van der Waals surface area contributed by atoms with E-state index in [4.69, 9.17) is 13.8 Å². The van der Waals surface area contributed by atoms with Crippen molar-refractivity contribution < 1.29 is 8.83 Å². The fourth-order valence-electron chi connectivity index (χ4n) is 4.73. The van der Waals surface area contributed by atoms with Crippen LogP contribution in [-0.4, -0.2) is 9.97 Å². The highest BCUT2D eigenvalue weighted by Crippen LogP contribution is 2.37. The Labute approximate surface area is 185 Å². The molecule has 0 atom stereocenters. The summed E-state index contributed by atoms with van der Waals surface area (Å²) in [7, 11) is 0. The van der Waals surface area contributed by atoms with E-state index in [1.54, 1.807) is 0 Å². The molecule has 0 fully saturated rings. The minimum atomic E-state index is 0.624. The van der Waals surface area contributed by atoms with E-state index in [-0.39, 0.29) is 0 Å². The fourth-order valence-corrected chi connectivity index (χ4v) is 4.73. The van der Waals surface area contributed by atoms with Crippen LogP contribution in [0.5, 0.6) is 0 Å². The smallest absolute Gasteiger partial charge is 0.227 e. The van der Waals surface area contributed by atoms with Crippen LogP contribution in [0.2, 0.25) is 0 Å². The summed E-state index contributed by atoms with van der Waals surface area (Å²) in [6, 6.07) is 20.7. The van der Waals surface area contributed by atoms with E-state index >= 15 is 0 Å². The van der Waals surface area contributed by atoms with Gasteiger partial charge in [-0.15, -0.1) is 0 Å². The standard InChI is InChI=1S/C28H22N2O2/c1-15-12-16(2)25(17(3)13-15)24-14-19-9-11-23(30-27(19)31-24)22-7-5-6-20-21-10-8-18(4)29-28(21)32-26(20)22/h5-14H,1-4H3. The van der Waals surface area contributed by atoms with E-state index in [2.05, 4.69) is 62.2 Å². The van der Waals surface area contributed by atoms with Crippen LogP contribution < -0.4 is 0 Å². The molecule has 0 bridgehead atoms. The molecule has 0 spiro atoms. The Hall–Kier alpha value is -3.92. The van der Waals surface area contributed by atoms with Gasteiger partial charge in [0.2, 0.25) is 11.4 Å². The third-order valence-corrected chi connectivity index (χ3v) is 6.09. The Bertz CT molecular complexity index is 1650. The van der Waals surface area contributed by atoms with Crippen molar-refractivity contribution in [2.24, 2.45) is 0 Å². The van der Waals surface area contributed by atoms with Gasteiger partial charge in [0.05, 0.1) is 5.69 Å². The number of nitrogens with zero attached hydrogens (tertiary/aromatic N) is 2. The van der Waals surface area contributed by atoms with E-state index < -0.39 is 0 Å². The van der Waals surface area contributed by atoms with E-state index in [1.807, 2.05) is 31.2 Å². The van der Waals surface area contributed by atoms with Gasteiger partial charge in [-0.05, 0) is 75.2 Å². The summed E-state index contributed by atoms with van der Waals surface area (Å²) in [5.41, 5.74) is 9.55. The predicted molar refractivity (Wildman–Crippen MR) is 129 cm³/mol. The number of hydrogen-bond acceptors (Lipinski definition) is 4. The number of hydrogen-bond donors (Lipinski definition) is 0. The van der Waals surface area contributed by atoms with Crippen LogP contribution in [0.25, 0.3) is 55.7 Å². The zero-order chi connectivity index (χ0) is 22.0. The molecule has 0 unspecified atom stereocenters. The molecule has 0 N–H and O–H groups in total. The Kier molecular flexibility index (Phi) is 3.99. The lowest BCUT2D eigenvalue weighted by atomic mass is 9.98. The zero-order valence-corrected chi connectivity index (χ0v) is 18.5. The predicted octanol–water partition coefficient (Wildman–Crippen LogP) is 7.69. The number of furan rings is 2. The van der Waals surface area contributed by atoms with Crippen molar-refractivity contribution in [3.05, 3.63) is 83.0 Å². The second-order valence-corrected chi connectivity index (χ2v) is 8.56. The Morgan fingerprint density at radius 2 is 1.50 bits per heavy atom. The molecule has 0 radical (unpaired) electrons. The molecule has 156 valence electrons. The Morgan fingerprint density at radius 1 is 0.688 bits per heavy atom. The number of aryl methyl sites for hydroxylation is 4. The molecule has 0 aliphatic carbocycles. The molecule has 4 aromatic heterocycles. The fraction of sp³-hybridized carbons (Fsp3) is 0.143. The normalized spacial score (nSPS) is 11.8. The highest BCUT2D eigenvalue weighted by molar-refractivity contribution is 6.08. The second-order valence-electron chi connectivity index (χ2n) is 8.56. The molecule has 0 aliphatic heterocycles. The van der Waals surface area contributed by atoms with E-state index in [0.29, 0.717) is 11.4 Å². The first-order chi connectivity index (χ1) is 15.5. The summed E-state index contributed by atoms with van der Waals surface area (Å²) in [6.45, 7) is 8.33. The van der Waals surface area contributed by atoms with Gasteiger partial charge in [-0.2, -0.15) is 0 Å². The lowest BCUT2D eigenvalue weighted by Crippen LogP contribution is -1.88. The maximum absolute atomic E-state index is 6.25. The van der Waals surface area contributed by atoms with Gasteiger partial charge in [0.1, 0.15) is 11.3 Å². The van der Waals surface area contributed by atoms with Crippen LogP contribution in [-0.2, 0) is 0 Å². The van der Waals surface area contributed by atoms with Gasteiger partial charge in [0.25, 0.3) is 0 Å². The highest BCUT2D eigenvalue weighted by atomic mass is 16.3. The first-order valence-corrected chi connectivity index (χ1v) is 10.8. The number of aromatic nitrogens is 2. The van der Waals surface area contributed by atoms with Crippen LogP contribution in [0.4, 0.5) is 0 Å². The van der Waals surface area contributed by atoms with Crippen molar-refractivity contribution in [2.45, 2.75) is 27.7 Å². The molecule has 2 aromatic carbocycles. The van der Waals surface area contributed by atoms with Gasteiger partial charge < -0.3 is 8.83 Å². The zero-order valence-electron chi connectivity index (χ0n) is 18.5. The number of rotatable bonds is 2. The average molecular weight is 418 g/mol. The summed E-state index contributed by atoms with van der Waals surface area (Å²) >= 11 is 0. The van der Waals surface area contributed by atoms with Gasteiger partial charge in [0, 0.05) is 33.0 Å². The van der Waals surface area contributed by atoms with Crippen LogP contribution >= 0.6 is 0 Å². The summed E-state index contributed by atoms with van der Waals surface area (Å²) in [5.74, 6) is 0.848. The maximum Gasteiger partial charge on any atom is 0.227 e. The molecule has 4 heterocycles. The molecular formula is C28H22N2O2. The van der Waals surface area contributed by atoms with E-state index in [1.165, 1.54) is 16.7 Å². The first kappa shape index (κ1) is 18.8. The van der Waals surface area contributed by atoms with Gasteiger partial charge >= 0.3 is 0 Å². The summed E-state index contributed by atoms with van der Waals surface area (Å²) in [4.78, 5) is 9.41. The van der Waals surface area contributed by atoms with Crippen LogP contribution in [0.1, 0.15) is 22.4 Å². The summed E-state index contributed by atoms with van der Waals surface area (Å²) < 4.78 is 12.4. The first-order valence-electron chi connectivity index (χ1n) is 10.8. The maximum atomic E-state index is 6.25. The van der Waals surface area contributed by atoms with E-state index in [0.717, 1.165) is 50.0 Å². The van der Waals surface area contributed by atoms with Crippen molar-refractivity contribution in [3.63, 3.8) is 0 Å². The average Bonchev–Trinajstić information content (AvgIpc) is 3.32. The molecule has 4 heteroatoms. The summed E-state index contributed by atoms with van der Waals surface area (Å²) in [5, 5.41) is 3.04. The monoisotopic (exact) mass is 418 g/mol. The minimum Gasteiger partial charge on any atom is -0.438 e. The van der Waals surface area contributed by atoms with Crippen LogP contribution in [0.15, 0.2) is 69.5 Å². The Morgan fingerprint density at radius 3 is 2.31 bits per heavy atom. The van der Waals surface area contributed by atoms with E-state index in [9.17, 15) is 0 Å². The highest BCUT2D eigenvalue weighted by Gasteiger charge is 2.17. The van der Waals surface area contributed by atoms with Gasteiger partial charge in [-0.25, -0.2) is 9.97 Å². The van der Waals surface area contributed by atoms with Crippen molar-refractivity contribution >= 4 is 33.2 Å². The molecule has 6 aromatic rings. The van der Waals surface area contributed by atoms with Crippen molar-refractivity contribution in [2.75, 3.05) is 0 Å². The molecule has 0 amide bonds.